The predicted octanol–water partition coefficient (Wildman–Crippen LogP) is 2.01. The normalized spacial score (nSPS) is 9.67. The molecule has 0 radical (unpaired) electrons. The van der Waals surface area contributed by atoms with E-state index in [-0.39, 0.29) is 5.82 Å². The van der Waals surface area contributed by atoms with E-state index in [4.69, 9.17) is 0 Å². The quantitative estimate of drug-likeness (QED) is 0.550. The molecule has 0 aliphatic rings. The Bertz CT molecular complexity index is 527. The van der Waals surface area contributed by atoms with Crippen LogP contribution in [0.25, 0.3) is 11.3 Å². The molecule has 1 heterocycles. The van der Waals surface area contributed by atoms with Gasteiger partial charge < -0.3 is 0 Å². The Morgan fingerprint density at radius 1 is 1.40 bits per heavy atom. The summed E-state index contributed by atoms with van der Waals surface area (Å²) in [5.41, 5.74) is 2.34. The molecule has 0 aliphatic carbocycles. The Labute approximate surface area is 85.4 Å². The maximum atomic E-state index is 10.1. The average molecular weight is 201 g/mol. The zero-order valence-electron chi connectivity index (χ0n) is 7.97. The van der Waals surface area contributed by atoms with E-state index in [9.17, 15) is 4.79 Å². The van der Waals surface area contributed by atoms with Crippen molar-refractivity contribution in [3.63, 3.8) is 0 Å². The highest BCUT2D eigenvalue weighted by Crippen LogP contribution is 2.26. The minimum Gasteiger partial charge on any atom is -0.242 e. The Morgan fingerprint density at radius 3 is 3.00 bits per heavy atom. The maximum Gasteiger partial charge on any atom is 0.242 e. The van der Waals surface area contributed by atoms with Gasteiger partial charge in [0.05, 0.1) is 0 Å². The van der Waals surface area contributed by atoms with Crippen LogP contribution in [0.15, 0.2) is 33.9 Å². The largest absolute Gasteiger partial charge is 0.242 e. The molecule has 2 rings (SSSR count). The van der Waals surface area contributed by atoms with Crippen LogP contribution in [0.3, 0.4) is 0 Å². The number of nitrogens with zero attached hydrogens (tertiary/aromatic N) is 3. The summed E-state index contributed by atoms with van der Waals surface area (Å²) < 4.78 is 4.52. The molecule has 0 fully saturated rings. The summed E-state index contributed by atoms with van der Waals surface area (Å²) in [5.74, 6) is 0.149. The van der Waals surface area contributed by atoms with Gasteiger partial charge in [0.1, 0.15) is 0 Å². The molecule has 0 spiro atoms. The van der Waals surface area contributed by atoms with Crippen LogP contribution in [0.4, 0.5) is 5.82 Å². The molecule has 5 nitrogen and oxygen atoms in total. The van der Waals surface area contributed by atoms with E-state index in [1.807, 2.05) is 31.2 Å². The first-order chi connectivity index (χ1) is 7.31. The summed E-state index contributed by atoms with van der Waals surface area (Å²) >= 11 is 0. The van der Waals surface area contributed by atoms with Gasteiger partial charge in [0.2, 0.25) is 11.9 Å². The third-order valence-electron chi connectivity index (χ3n) is 1.91. The number of benzene rings is 1. The highest BCUT2D eigenvalue weighted by molar-refractivity contribution is 5.70. The minimum absolute atomic E-state index is 0.149. The third-order valence-corrected chi connectivity index (χ3v) is 1.91. The van der Waals surface area contributed by atoms with Crippen LogP contribution in [0.2, 0.25) is 0 Å². The molecule has 1 aromatic carbocycles. The van der Waals surface area contributed by atoms with Gasteiger partial charge in [0.25, 0.3) is 0 Å². The van der Waals surface area contributed by atoms with Gasteiger partial charge in [-0.25, -0.2) is 9.42 Å². The molecule has 0 aliphatic heterocycles. The molecule has 0 saturated carbocycles. The zero-order chi connectivity index (χ0) is 10.7. The molecule has 0 saturated heterocycles. The van der Waals surface area contributed by atoms with Crippen molar-refractivity contribution in [1.82, 2.24) is 10.3 Å². The van der Waals surface area contributed by atoms with Gasteiger partial charge in [-0.05, 0) is 23.3 Å². The van der Waals surface area contributed by atoms with Crippen molar-refractivity contribution < 1.29 is 9.42 Å². The van der Waals surface area contributed by atoms with E-state index in [1.165, 1.54) is 6.08 Å². The smallest absolute Gasteiger partial charge is 0.242 e. The highest BCUT2D eigenvalue weighted by Gasteiger charge is 2.11. The number of carbonyl (C=O) groups excluding carboxylic acids is 1. The number of aliphatic imine (C=N–C) groups is 1. The molecule has 2 aromatic rings. The van der Waals surface area contributed by atoms with E-state index in [2.05, 4.69) is 19.9 Å². The first-order valence-electron chi connectivity index (χ1n) is 4.29. The Balaban J connectivity index is 2.53. The number of hydrogen-bond acceptors (Lipinski definition) is 5. The van der Waals surface area contributed by atoms with Crippen LogP contribution in [0.1, 0.15) is 5.56 Å². The predicted molar refractivity (Wildman–Crippen MR) is 52.3 cm³/mol. The lowest BCUT2D eigenvalue weighted by Gasteiger charge is -1.96. The van der Waals surface area contributed by atoms with E-state index in [1.54, 1.807) is 0 Å². The standard InChI is InChI=1S/C10H7N3O2/c1-7-3-2-4-8(5-7)9-10(11-6-14)13-15-12-9/h2-5H,1H3. The van der Waals surface area contributed by atoms with E-state index >= 15 is 0 Å². The van der Waals surface area contributed by atoms with E-state index in [0.29, 0.717) is 5.69 Å². The second kappa shape index (κ2) is 3.86. The highest BCUT2D eigenvalue weighted by atomic mass is 16.6. The molecule has 0 atom stereocenters. The van der Waals surface area contributed by atoms with Crippen molar-refractivity contribution in [3.05, 3.63) is 29.8 Å². The van der Waals surface area contributed by atoms with Crippen LogP contribution in [0.5, 0.6) is 0 Å². The zero-order valence-corrected chi connectivity index (χ0v) is 7.97. The Kier molecular flexibility index (Phi) is 2.39. The van der Waals surface area contributed by atoms with Crippen molar-refractivity contribution in [3.8, 4) is 11.3 Å². The van der Waals surface area contributed by atoms with E-state index < -0.39 is 0 Å². The summed E-state index contributed by atoms with van der Waals surface area (Å²) in [6.07, 6.45) is 1.41. The molecule has 0 N–H and O–H groups in total. The molecular formula is C10H7N3O2. The van der Waals surface area contributed by atoms with Crippen LogP contribution in [-0.2, 0) is 4.79 Å². The SMILES string of the molecule is Cc1cccc(-c2nonc2N=C=O)c1. The third kappa shape index (κ3) is 1.82. The van der Waals surface area contributed by atoms with Gasteiger partial charge >= 0.3 is 0 Å². The monoisotopic (exact) mass is 201 g/mol. The van der Waals surface area contributed by atoms with Crippen molar-refractivity contribution in [1.29, 1.82) is 0 Å². The summed E-state index contributed by atoms with van der Waals surface area (Å²) in [4.78, 5) is 13.5. The van der Waals surface area contributed by atoms with Crippen LogP contribution in [-0.4, -0.2) is 16.4 Å². The molecule has 15 heavy (non-hydrogen) atoms. The topological polar surface area (TPSA) is 68.3 Å². The summed E-state index contributed by atoms with van der Waals surface area (Å²) in [5, 5.41) is 7.18. The van der Waals surface area contributed by atoms with E-state index in [0.717, 1.165) is 11.1 Å². The van der Waals surface area contributed by atoms with Crippen LogP contribution < -0.4 is 0 Å². The number of aryl methyl sites for hydroxylation is 1. The number of hydrogen-bond donors (Lipinski definition) is 0. The molecular weight excluding hydrogens is 194 g/mol. The van der Waals surface area contributed by atoms with Crippen molar-refractivity contribution in [2.75, 3.05) is 0 Å². The Hall–Kier alpha value is -2.26. The molecule has 74 valence electrons. The van der Waals surface area contributed by atoms with Gasteiger partial charge in [-0.15, -0.1) is 4.99 Å². The van der Waals surface area contributed by atoms with Gasteiger partial charge in [-0.2, -0.15) is 0 Å². The molecule has 0 amide bonds. The van der Waals surface area contributed by atoms with Crippen molar-refractivity contribution >= 4 is 11.9 Å². The van der Waals surface area contributed by atoms with Crippen molar-refractivity contribution in [2.45, 2.75) is 6.92 Å². The molecule has 5 heteroatoms. The Morgan fingerprint density at radius 2 is 2.27 bits per heavy atom. The maximum absolute atomic E-state index is 10.1. The molecule has 0 bridgehead atoms. The summed E-state index contributed by atoms with van der Waals surface area (Å²) in [6.45, 7) is 1.96. The second-order valence-corrected chi connectivity index (χ2v) is 3.01. The second-order valence-electron chi connectivity index (χ2n) is 3.01. The fourth-order valence-corrected chi connectivity index (χ4v) is 1.27. The lowest BCUT2D eigenvalue weighted by molar-refractivity contribution is 0.309. The first kappa shape index (κ1) is 9.30. The molecule has 1 aromatic heterocycles. The van der Waals surface area contributed by atoms with Crippen LogP contribution in [0, 0.1) is 6.92 Å². The average Bonchev–Trinajstić information content (AvgIpc) is 2.66. The first-order valence-corrected chi connectivity index (χ1v) is 4.29. The van der Waals surface area contributed by atoms with Gasteiger partial charge in [0, 0.05) is 5.56 Å². The number of rotatable bonds is 2. The summed E-state index contributed by atoms with van der Waals surface area (Å²) in [7, 11) is 0. The molecule has 0 unspecified atom stereocenters. The summed E-state index contributed by atoms with van der Waals surface area (Å²) in [6, 6.07) is 7.59. The fraction of sp³-hybridized carbons (Fsp3) is 0.100. The number of aromatic nitrogens is 2. The van der Waals surface area contributed by atoms with Gasteiger partial charge in [-0.3, -0.25) is 0 Å². The van der Waals surface area contributed by atoms with Gasteiger partial charge in [0.15, 0.2) is 5.69 Å². The van der Waals surface area contributed by atoms with Crippen LogP contribution >= 0.6 is 0 Å². The lowest BCUT2D eigenvalue weighted by Crippen LogP contribution is -1.79. The minimum atomic E-state index is 0.149. The lowest BCUT2D eigenvalue weighted by atomic mass is 10.1. The van der Waals surface area contributed by atoms with Gasteiger partial charge in [-0.1, -0.05) is 23.8 Å². The van der Waals surface area contributed by atoms with Crippen molar-refractivity contribution in [2.24, 2.45) is 4.99 Å². The number of isocyanates is 1. The fourth-order valence-electron chi connectivity index (χ4n) is 1.27.